The number of methoxy groups -OCH3 is 2. The summed E-state index contributed by atoms with van der Waals surface area (Å²) in [5.41, 5.74) is 10.7. The highest BCUT2D eigenvalue weighted by molar-refractivity contribution is 14.0. The highest BCUT2D eigenvalue weighted by atomic mass is 127. The van der Waals surface area contributed by atoms with Gasteiger partial charge in [0, 0.05) is 147 Å². The summed E-state index contributed by atoms with van der Waals surface area (Å²) in [4.78, 5) is 47.8. The standard InChI is InChI=1S/C29H29Cl2FN2O4.C28H27Cl2FN2O4.C19H20Cl2N2O2.C10H10BrFO2.C9H8BrFO2.HI/c1-36-26(35)10-8-16-7-9-19(12-24(16)32)34-14-18-11-20(34)13-25(18)37-15-21-28(33-38-29(21)17-5-6-17)27-22(30)3-2-4-23(27)31;29-21-2-1-3-22(30)26(21)27-20(28(37-32-27)16-4-5-16)14-36-24-12-19-10-17(24)13-33(19)18-8-6-15(23(31)11-18)7-9-25(34)35;20-14-2-1-3-15(21)17(14)18-13(19(25-23-18)10-4-5-10)9-24-16-7-12-6-11(16)8-22-12;1-14-10(13)5-3-7-2-4-8(11)6-9(7)12;10-7-3-1-6(8(11)5-7)2-4-9(12)13;/h2-4,7,9,12,17-18,20,25H,5-6,8,10-11,13-15H2,1H3;1-3,6,8,11,16-17,19,24H,4-5,7,9-10,12-14H2,(H,34,35);1-3,10-12,16,22H,4-9H2;2,4,6H,3,5H2,1H3;1,3,5H,2,4H2,(H,12,13);1H/t18-,20-,25+;17-,19-,24+;11-,12-,16+;;;/m000.../s1. The highest BCUT2D eigenvalue weighted by Crippen LogP contribution is 2.52. The number of fused-ring (bicyclic) bond motifs is 6. The highest BCUT2D eigenvalue weighted by Gasteiger charge is 2.49. The smallest absolute Gasteiger partial charge is 0.305 e. The maximum Gasteiger partial charge on any atom is 0.305 e. The predicted molar refractivity (Wildman–Crippen MR) is 499 cm³/mol. The molecule has 3 aromatic heterocycles. The van der Waals surface area contributed by atoms with Gasteiger partial charge in [-0.1, -0.05) is 159 Å². The molecule has 10 aromatic rings. The molecular formula is C95H95Br2Cl6F4IN6O14. The summed E-state index contributed by atoms with van der Waals surface area (Å²) in [5.74, 6) is 1.42. The number of carboxylic acid groups (broad SMARTS) is 2. The Morgan fingerprint density at radius 1 is 0.438 bits per heavy atom. The number of rotatable bonds is 29. The van der Waals surface area contributed by atoms with Gasteiger partial charge in [-0.3, -0.25) is 19.2 Å². The number of aromatic nitrogens is 3. The van der Waals surface area contributed by atoms with Crippen molar-refractivity contribution in [2.24, 2.45) is 17.8 Å². The minimum atomic E-state index is -0.927. The number of anilines is 2. The van der Waals surface area contributed by atoms with Crippen molar-refractivity contribution in [1.82, 2.24) is 20.8 Å². The molecule has 6 saturated carbocycles. The Morgan fingerprint density at radius 3 is 1.03 bits per heavy atom. The zero-order chi connectivity index (χ0) is 89.4. The molecule has 3 N–H and O–H groups in total. The monoisotopic (exact) mass is 2110 g/mol. The summed E-state index contributed by atoms with van der Waals surface area (Å²) >= 11 is 45.0. The molecule has 128 heavy (non-hydrogen) atoms. The van der Waals surface area contributed by atoms with Gasteiger partial charge in [0.15, 0.2) is 0 Å². The maximum absolute atomic E-state index is 14.8. The van der Waals surface area contributed by atoms with Crippen molar-refractivity contribution in [1.29, 1.82) is 0 Å². The Balaban J connectivity index is 0.000000137. The number of hydrogen-bond acceptors (Lipinski definition) is 18. The lowest BCUT2D eigenvalue weighted by molar-refractivity contribution is -0.141. The number of carbonyl (C=O) groups is 4. The molecule has 0 radical (unpaired) electrons. The third-order valence-corrected chi connectivity index (χ3v) is 28.0. The number of esters is 2. The van der Waals surface area contributed by atoms with E-state index < -0.39 is 11.9 Å². The SMILES string of the molecule is COC(=O)CCc1ccc(Br)cc1F.COC(=O)CCc1ccc(N2C[C@@H]3C[C@H]2C[C@H]3OCc2c(-c3c(Cl)cccc3Cl)noc2C2CC2)cc1F.Clc1cccc(Cl)c1-c1noc(C2CC2)c1CO[C@@H]1C[C@@H]2C[C@H]1CN2.I.O=C(O)CCc1ccc(Br)cc1F.O=C(O)CCc1ccc(N2C[C@@H]3C[C@H]2C[C@H]3OCc2c(-c3c(Cl)cccc3Cl)noc2C2CC2)cc1F. The van der Waals surface area contributed by atoms with E-state index in [1.54, 1.807) is 66.7 Å². The molecule has 6 aliphatic carbocycles. The fourth-order valence-electron chi connectivity index (χ4n) is 18.0. The molecule has 33 heteroatoms. The van der Waals surface area contributed by atoms with Crippen LogP contribution in [0.1, 0.15) is 177 Å². The first-order chi connectivity index (χ1) is 61.2. The average molecular weight is 2120 g/mol. The number of piperidine rings is 3. The zero-order valence-corrected chi connectivity index (χ0v) is 79.9. The molecule has 3 aliphatic heterocycles. The second-order valence-corrected chi connectivity index (χ2v) is 37.9. The number of halogens is 13. The second-order valence-electron chi connectivity index (χ2n) is 33.7. The number of nitrogens with one attached hydrogen (secondary N) is 1. The fraction of sp³-hybridized carbons (Fsp3) is 0.421. The molecule has 0 amide bonds. The first-order valence-corrected chi connectivity index (χ1v) is 46.5. The van der Waals surface area contributed by atoms with Crippen molar-refractivity contribution >= 4 is 161 Å². The van der Waals surface area contributed by atoms with Gasteiger partial charge < -0.3 is 62.6 Å². The Morgan fingerprint density at radius 2 is 0.758 bits per heavy atom. The minimum Gasteiger partial charge on any atom is -0.481 e. The van der Waals surface area contributed by atoms with Crippen molar-refractivity contribution in [3.8, 4) is 33.8 Å². The van der Waals surface area contributed by atoms with Crippen LogP contribution in [0.5, 0.6) is 0 Å². The second kappa shape index (κ2) is 44.0. The molecule has 3 saturated heterocycles. The summed E-state index contributed by atoms with van der Waals surface area (Å²) < 4.78 is 103. The summed E-state index contributed by atoms with van der Waals surface area (Å²) in [6.45, 7) is 3.97. The van der Waals surface area contributed by atoms with Crippen molar-refractivity contribution in [3.05, 3.63) is 246 Å². The van der Waals surface area contributed by atoms with Crippen LogP contribution < -0.4 is 15.1 Å². The summed E-state index contributed by atoms with van der Waals surface area (Å²) in [5, 5.41) is 37.1. The van der Waals surface area contributed by atoms with E-state index in [1.807, 2.05) is 42.5 Å². The number of ether oxygens (including phenoxy) is 5. The number of hydrogen-bond donors (Lipinski definition) is 3. The molecule has 680 valence electrons. The Bertz CT molecular complexity index is 5590. The summed E-state index contributed by atoms with van der Waals surface area (Å²) in [6.07, 6.45) is 14.6. The maximum atomic E-state index is 14.8. The van der Waals surface area contributed by atoms with Crippen LogP contribution in [0.25, 0.3) is 33.8 Å². The van der Waals surface area contributed by atoms with E-state index >= 15 is 0 Å². The molecule has 0 unspecified atom stereocenters. The molecular weight excluding hydrogens is 2020 g/mol. The van der Waals surface area contributed by atoms with E-state index in [2.05, 4.69) is 71.9 Å². The molecule has 0 spiro atoms. The molecule has 7 aromatic carbocycles. The third kappa shape index (κ3) is 23.8. The molecule has 9 aliphatic rings. The number of aliphatic carboxylic acids is 2. The number of nitrogens with zero attached hydrogens (tertiary/aromatic N) is 5. The van der Waals surface area contributed by atoms with Gasteiger partial charge in [-0.25, -0.2) is 17.6 Å². The van der Waals surface area contributed by atoms with E-state index in [9.17, 15) is 36.7 Å². The van der Waals surface area contributed by atoms with Gasteiger partial charge in [-0.15, -0.1) is 24.0 Å². The van der Waals surface area contributed by atoms with Crippen LogP contribution in [0.2, 0.25) is 30.1 Å². The van der Waals surface area contributed by atoms with Crippen molar-refractivity contribution in [2.45, 2.75) is 202 Å². The number of carboxylic acids is 2. The van der Waals surface area contributed by atoms with Gasteiger partial charge >= 0.3 is 23.9 Å². The number of carbonyl (C=O) groups excluding carboxylic acids is 2. The van der Waals surface area contributed by atoms with E-state index in [4.69, 9.17) is 108 Å². The van der Waals surface area contributed by atoms with Crippen LogP contribution in [0, 0.1) is 41.0 Å². The normalized spacial score (nSPS) is 20.8. The molecule has 19 rings (SSSR count). The lowest BCUT2D eigenvalue weighted by atomic mass is 10.0. The first-order valence-electron chi connectivity index (χ1n) is 42.7. The van der Waals surface area contributed by atoms with E-state index in [1.165, 1.54) is 38.8 Å². The van der Waals surface area contributed by atoms with Crippen LogP contribution in [-0.2, 0) is 88.4 Å². The van der Waals surface area contributed by atoms with E-state index in [0.717, 1.165) is 147 Å². The minimum absolute atomic E-state index is 0. The quantitative estimate of drug-likeness (QED) is 0.0224. The molecule has 20 nitrogen and oxygen atoms in total. The largest absolute Gasteiger partial charge is 0.481 e. The van der Waals surface area contributed by atoms with Crippen LogP contribution in [0.3, 0.4) is 0 Å². The van der Waals surface area contributed by atoms with Gasteiger partial charge in [-0.2, -0.15) is 0 Å². The molecule has 9 fully saturated rings. The van der Waals surface area contributed by atoms with Crippen molar-refractivity contribution < 1.29 is 84.2 Å². The fourth-order valence-corrected chi connectivity index (χ4v) is 20.4. The summed E-state index contributed by atoms with van der Waals surface area (Å²) in [7, 11) is 2.66. The Hall–Kier alpha value is -7.36. The molecule has 6 bridgehead atoms. The van der Waals surface area contributed by atoms with Crippen LogP contribution in [0.15, 0.2) is 150 Å². The van der Waals surface area contributed by atoms with E-state index in [-0.39, 0.29) is 116 Å². The van der Waals surface area contributed by atoms with Gasteiger partial charge in [-0.05, 0) is 216 Å². The first kappa shape index (κ1) is 96.7. The van der Waals surface area contributed by atoms with Gasteiger partial charge in [0.2, 0.25) is 0 Å². The van der Waals surface area contributed by atoms with E-state index in [0.29, 0.717) is 170 Å². The van der Waals surface area contributed by atoms with Crippen molar-refractivity contribution in [2.75, 3.05) is 43.7 Å². The van der Waals surface area contributed by atoms with Crippen LogP contribution >= 0.6 is 125 Å². The number of aryl methyl sites for hydroxylation is 4. The van der Waals surface area contributed by atoms with Gasteiger partial charge in [0.25, 0.3) is 0 Å². The number of benzene rings is 7. The van der Waals surface area contributed by atoms with Gasteiger partial charge in [0.05, 0.1) is 82.5 Å². The molecule has 9 atom stereocenters. The molecule has 6 heterocycles. The Labute approximate surface area is 802 Å². The topological polar surface area (TPSA) is 251 Å². The zero-order valence-electron chi connectivity index (χ0n) is 69.9. The van der Waals surface area contributed by atoms with Crippen molar-refractivity contribution in [3.63, 3.8) is 0 Å². The lowest BCUT2D eigenvalue weighted by Crippen LogP contribution is -2.38. The van der Waals surface area contributed by atoms with Crippen LogP contribution in [0.4, 0.5) is 28.9 Å². The lowest BCUT2D eigenvalue weighted by Gasteiger charge is -2.33. The average Bonchev–Trinajstić information content (AvgIpc) is 1.64. The van der Waals surface area contributed by atoms with Gasteiger partial charge in [0.1, 0.15) is 57.6 Å². The predicted octanol–water partition coefficient (Wildman–Crippen LogP) is 24.5. The summed E-state index contributed by atoms with van der Waals surface area (Å²) in [6, 6.07) is 37.4. The third-order valence-electron chi connectivity index (χ3n) is 25.1. The Kier molecular flexibility index (Phi) is 33.2. The van der Waals surface area contributed by atoms with Crippen LogP contribution in [-0.4, -0.2) is 120 Å².